The summed E-state index contributed by atoms with van der Waals surface area (Å²) in [5.74, 6) is 0. The van der Waals surface area contributed by atoms with Gasteiger partial charge in [-0.25, -0.2) is 14.4 Å². The highest BCUT2D eigenvalue weighted by molar-refractivity contribution is 5.82. The van der Waals surface area contributed by atoms with E-state index in [2.05, 4.69) is 10.1 Å². The number of nitrogens with two attached hydrogens (primary N) is 1. The van der Waals surface area contributed by atoms with Crippen LogP contribution in [-0.2, 0) is 16.1 Å². The Hall–Kier alpha value is -2.77. The minimum absolute atomic E-state index is 0.0871. The average molecular weight is 321 g/mol. The Morgan fingerprint density at radius 1 is 1.17 bits per heavy atom. The first-order valence-corrected chi connectivity index (χ1v) is 7.28. The Labute approximate surface area is 133 Å². The molecule has 0 aromatic heterocycles. The molecular formula is C15H19N3O5. The predicted octanol–water partition coefficient (Wildman–Crippen LogP) is 1.59. The maximum Gasteiger partial charge on any atom is 0.418 e. The second-order valence-corrected chi connectivity index (χ2v) is 5.15. The maximum absolute atomic E-state index is 11.7. The highest BCUT2D eigenvalue weighted by Gasteiger charge is 2.25. The van der Waals surface area contributed by atoms with Crippen LogP contribution in [0.1, 0.15) is 18.4 Å². The fourth-order valence-corrected chi connectivity index (χ4v) is 2.29. The van der Waals surface area contributed by atoms with E-state index < -0.39 is 18.3 Å². The van der Waals surface area contributed by atoms with Gasteiger partial charge in [0, 0.05) is 19.1 Å². The first-order valence-electron chi connectivity index (χ1n) is 7.28. The molecule has 2 rings (SSSR count). The van der Waals surface area contributed by atoms with Gasteiger partial charge in [-0.05, 0) is 18.4 Å². The van der Waals surface area contributed by atoms with Gasteiger partial charge in [-0.1, -0.05) is 30.3 Å². The Kier molecular flexibility index (Phi) is 5.79. The second kappa shape index (κ2) is 8.02. The first kappa shape index (κ1) is 16.6. The fourth-order valence-electron chi connectivity index (χ4n) is 2.29. The van der Waals surface area contributed by atoms with E-state index in [9.17, 15) is 14.4 Å². The number of alkyl carbamates (subject to hydrolysis) is 1. The summed E-state index contributed by atoms with van der Waals surface area (Å²) < 4.78 is 9.45. The van der Waals surface area contributed by atoms with Crippen molar-refractivity contribution in [3.8, 4) is 0 Å². The molecule has 0 aliphatic carbocycles. The number of nitrogens with one attached hydrogen (secondary N) is 1. The largest absolute Gasteiger partial charge is 0.445 e. The van der Waals surface area contributed by atoms with Crippen molar-refractivity contribution in [2.75, 3.05) is 13.1 Å². The molecule has 1 aromatic carbocycles. The van der Waals surface area contributed by atoms with E-state index in [-0.39, 0.29) is 12.6 Å². The normalized spacial score (nSPS) is 14.9. The van der Waals surface area contributed by atoms with Crippen LogP contribution in [0, 0.1) is 0 Å². The molecule has 1 saturated heterocycles. The zero-order valence-electron chi connectivity index (χ0n) is 12.6. The van der Waals surface area contributed by atoms with Crippen molar-refractivity contribution in [1.29, 1.82) is 0 Å². The lowest BCUT2D eigenvalue weighted by Gasteiger charge is -2.30. The summed E-state index contributed by atoms with van der Waals surface area (Å²) in [4.78, 5) is 35.1. The number of hydrogen-bond donors (Lipinski definition) is 2. The van der Waals surface area contributed by atoms with Crippen LogP contribution in [0.2, 0.25) is 0 Å². The third-order valence-corrected chi connectivity index (χ3v) is 3.48. The molecule has 8 nitrogen and oxygen atoms in total. The number of nitrogens with zero attached hydrogens (tertiary/aromatic N) is 1. The van der Waals surface area contributed by atoms with Gasteiger partial charge in [0.25, 0.3) is 0 Å². The molecule has 3 N–H and O–H groups in total. The molecule has 1 fully saturated rings. The Morgan fingerprint density at radius 2 is 1.83 bits per heavy atom. The van der Waals surface area contributed by atoms with Crippen LogP contribution in [0.3, 0.4) is 0 Å². The molecule has 1 heterocycles. The number of benzene rings is 1. The lowest BCUT2D eigenvalue weighted by Crippen LogP contribution is -2.47. The second-order valence-electron chi connectivity index (χ2n) is 5.15. The van der Waals surface area contributed by atoms with E-state index in [0.29, 0.717) is 25.9 Å². The maximum atomic E-state index is 11.7. The Balaban J connectivity index is 1.68. The van der Waals surface area contributed by atoms with Crippen LogP contribution in [0.4, 0.5) is 14.4 Å². The lowest BCUT2D eigenvalue weighted by atomic mass is 10.1. The van der Waals surface area contributed by atoms with Crippen LogP contribution in [-0.4, -0.2) is 42.3 Å². The van der Waals surface area contributed by atoms with Crippen LogP contribution in [0.25, 0.3) is 0 Å². The van der Waals surface area contributed by atoms with Crippen LogP contribution < -0.4 is 11.1 Å². The van der Waals surface area contributed by atoms with Crippen molar-refractivity contribution in [3.05, 3.63) is 35.9 Å². The summed E-state index contributed by atoms with van der Waals surface area (Å²) in [5, 5.41) is 2.76. The number of carbonyl (C=O) groups excluding carboxylic acids is 3. The third kappa shape index (κ3) is 5.50. The average Bonchev–Trinajstić information content (AvgIpc) is 2.54. The topological polar surface area (TPSA) is 111 Å². The number of carbonyl (C=O) groups is 3. The molecule has 0 radical (unpaired) electrons. The van der Waals surface area contributed by atoms with Crippen LogP contribution >= 0.6 is 0 Å². The highest BCUT2D eigenvalue weighted by Crippen LogP contribution is 2.12. The number of primary amides is 1. The smallest absolute Gasteiger partial charge is 0.418 e. The summed E-state index contributed by atoms with van der Waals surface area (Å²) in [5.41, 5.74) is 5.70. The van der Waals surface area contributed by atoms with E-state index in [1.54, 1.807) is 0 Å². The summed E-state index contributed by atoms with van der Waals surface area (Å²) >= 11 is 0. The van der Waals surface area contributed by atoms with Crippen molar-refractivity contribution in [1.82, 2.24) is 10.2 Å². The molecule has 0 spiro atoms. The summed E-state index contributed by atoms with van der Waals surface area (Å²) in [7, 11) is 0. The summed E-state index contributed by atoms with van der Waals surface area (Å²) in [6.07, 6.45) is -1.28. The summed E-state index contributed by atoms with van der Waals surface area (Å²) in [6.45, 7) is 0.946. The SMILES string of the molecule is NC(=O)OC(=O)N1CCC(NC(=O)OCc2ccccc2)CC1. The lowest BCUT2D eigenvalue weighted by molar-refractivity contribution is 0.106. The number of rotatable bonds is 3. The quantitative estimate of drug-likeness (QED) is 0.821. The van der Waals surface area contributed by atoms with Crippen molar-refractivity contribution in [2.24, 2.45) is 5.73 Å². The van der Waals surface area contributed by atoms with E-state index >= 15 is 0 Å². The monoisotopic (exact) mass is 321 g/mol. The zero-order valence-corrected chi connectivity index (χ0v) is 12.6. The van der Waals surface area contributed by atoms with Crippen molar-refractivity contribution in [3.63, 3.8) is 0 Å². The molecule has 0 atom stereocenters. The molecule has 1 aromatic rings. The van der Waals surface area contributed by atoms with Gasteiger partial charge in [-0.15, -0.1) is 0 Å². The van der Waals surface area contributed by atoms with E-state index in [1.165, 1.54) is 4.90 Å². The van der Waals surface area contributed by atoms with Gasteiger partial charge < -0.3 is 25.4 Å². The first-order chi connectivity index (χ1) is 11.0. The molecule has 3 amide bonds. The van der Waals surface area contributed by atoms with Crippen molar-refractivity contribution >= 4 is 18.3 Å². The van der Waals surface area contributed by atoms with E-state index in [0.717, 1.165) is 5.56 Å². The van der Waals surface area contributed by atoms with Gasteiger partial charge in [0.2, 0.25) is 0 Å². The number of amides is 3. The van der Waals surface area contributed by atoms with Crippen LogP contribution in [0.15, 0.2) is 30.3 Å². The molecule has 23 heavy (non-hydrogen) atoms. The van der Waals surface area contributed by atoms with Gasteiger partial charge in [0.05, 0.1) is 0 Å². The molecule has 124 valence electrons. The predicted molar refractivity (Wildman–Crippen MR) is 80.4 cm³/mol. The molecule has 8 heteroatoms. The molecule has 0 unspecified atom stereocenters. The number of piperidine rings is 1. The molecular weight excluding hydrogens is 302 g/mol. The van der Waals surface area contributed by atoms with Crippen LogP contribution in [0.5, 0.6) is 0 Å². The summed E-state index contributed by atoms with van der Waals surface area (Å²) in [6, 6.07) is 9.29. The molecule has 0 saturated carbocycles. The molecule has 0 bridgehead atoms. The third-order valence-electron chi connectivity index (χ3n) is 3.48. The minimum Gasteiger partial charge on any atom is -0.445 e. The van der Waals surface area contributed by atoms with Crippen molar-refractivity contribution < 1.29 is 23.9 Å². The number of ether oxygens (including phenoxy) is 2. The zero-order chi connectivity index (χ0) is 16.7. The van der Waals surface area contributed by atoms with Gasteiger partial charge in [-0.2, -0.15) is 0 Å². The number of hydrogen-bond acceptors (Lipinski definition) is 5. The van der Waals surface area contributed by atoms with Gasteiger partial charge in [0.15, 0.2) is 0 Å². The van der Waals surface area contributed by atoms with Gasteiger partial charge in [-0.3, -0.25) is 0 Å². The number of likely N-dealkylation sites (tertiary alicyclic amines) is 1. The minimum atomic E-state index is -1.13. The van der Waals surface area contributed by atoms with E-state index in [1.807, 2.05) is 30.3 Å². The fraction of sp³-hybridized carbons (Fsp3) is 0.400. The standard InChI is InChI=1S/C15H19N3O5/c16-13(19)23-15(21)18-8-6-12(7-9-18)17-14(20)22-10-11-4-2-1-3-5-11/h1-5,12H,6-10H2,(H2,16,19)(H,17,20). The van der Waals surface area contributed by atoms with Crippen molar-refractivity contribution in [2.45, 2.75) is 25.5 Å². The van der Waals surface area contributed by atoms with Gasteiger partial charge in [0.1, 0.15) is 6.61 Å². The Morgan fingerprint density at radius 3 is 2.43 bits per heavy atom. The molecule has 1 aliphatic rings. The van der Waals surface area contributed by atoms with E-state index in [4.69, 9.17) is 10.5 Å². The Bertz CT molecular complexity index is 555. The van der Waals surface area contributed by atoms with Gasteiger partial charge >= 0.3 is 18.3 Å². The highest BCUT2D eigenvalue weighted by atomic mass is 16.6. The molecule has 1 aliphatic heterocycles.